The van der Waals surface area contributed by atoms with E-state index in [0.717, 1.165) is 25.2 Å². The Hall–Kier alpha value is -2.73. The van der Waals surface area contributed by atoms with Crippen molar-refractivity contribution in [3.8, 4) is 0 Å². The maximum absolute atomic E-state index is 12.8. The van der Waals surface area contributed by atoms with Gasteiger partial charge in [0.25, 0.3) is 11.6 Å². The molecule has 0 spiro atoms. The van der Waals surface area contributed by atoms with Gasteiger partial charge in [-0.2, -0.15) is 0 Å². The second-order valence-electron chi connectivity index (χ2n) is 6.65. The molecule has 0 aromatic heterocycles. The van der Waals surface area contributed by atoms with Gasteiger partial charge < -0.3 is 10.2 Å². The number of hydrogen-bond donors (Lipinski definition) is 1. The summed E-state index contributed by atoms with van der Waals surface area (Å²) in [5, 5.41) is 14.2. The fraction of sp³-hybridized carbons (Fsp3) is 0.350. The monoisotopic (exact) mass is 353 g/mol. The topological polar surface area (TPSA) is 75.5 Å². The zero-order valence-electron chi connectivity index (χ0n) is 14.9. The molecular formula is C20H23N3O3. The Kier molecular flexibility index (Phi) is 5.63. The van der Waals surface area contributed by atoms with E-state index in [2.05, 4.69) is 10.2 Å². The summed E-state index contributed by atoms with van der Waals surface area (Å²) in [6, 6.07) is 14.3. The number of hydrogen-bond acceptors (Lipinski definition) is 4. The average Bonchev–Trinajstić information content (AvgIpc) is 3.15. The van der Waals surface area contributed by atoms with Gasteiger partial charge in [-0.15, -0.1) is 0 Å². The molecule has 1 fully saturated rings. The minimum absolute atomic E-state index is 0.0338. The van der Waals surface area contributed by atoms with Crippen molar-refractivity contribution in [1.82, 2.24) is 10.2 Å². The van der Waals surface area contributed by atoms with Gasteiger partial charge in [0.05, 0.1) is 11.0 Å². The smallest absolute Gasteiger partial charge is 0.273 e. The first kappa shape index (κ1) is 18.1. The number of amides is 1. The van der Waals surface area contributed by atoms with Crippen LogP contribution in [0, 0.1) is 17.0 Å². The van der Waals surface area contributed by atoms with Crippen LogP contribution >= 0.6 is 0 Å². The summed E-state index contributed by atoms with van der Waals surface area (Å²) in [6.07, 6.45) is 2.36. The van der Waals surface area contributed by atoms with E-state index in [0.29, 0.717) is 11.1 Å². The molecule has 0 aliphatic carbocycles. The normalized spacial score (nSPS) is 15.6. The Labute approximate surface area is 153 Å². The maximum Gasteiger partial charge on any atom is 0.273 e. The molecule has 1 N–H and O–H groups in total. The van der Waals surface area contributed by atoms with Crippen molar-refractivity contribution in [2.45, 2.75) is 25.8 Å². The van der Waals surface area contributed by atoms with Crippen LogP contribution in [-0.4, -0.2) is 35.4 Å². The van der Waals surface area contributed by atoms with Crippen molar-refractivity contribution >= 4 is 11.6 Å². The third-order valence-electron chi connectivity index (χ3n) is 4.89. The first-order valence-corrected chi connectivity index (χ1v) is 8.88. The van der Waals surface area contributed by atoms with E-state index < -0.39 is 4.92 Å². The van der Waals surface area contributed by atoms with E-state index in [1.807, 2.05) is 30.3 Å². The van der Waals surface area contributed by atoms with Crippen molar-refractivity contribution < 1.29 is 9.72 Å². The molecule has 0 saturated carbocycles. The third kappa shape index (κ3) is 4.08. The molecule has 1 aliphatic heterocycles. The molecule has 0 radical (unpaired) electrons. The summed E-state index contributed by atoms with van der Waals surface area (Å²) in [7, 11) is 0. The maximum atomic E-state index is 12.8. The van der Waals surface area contributed by atoms with Crippen LogP contribution in [0.15, 0.2) is 48.5 Å². The van der Waals surface area contributed by atoms with Crippen LogP contribution in [0.25, 0.3) is 0 Å². The molecule has 136 valence electrons. The van der Waals surface area contributed by atoms with E-state index in [4.69, 9.17) is 0 Å². The molecule has 1 aliphatic rings. The summed E-state index contributed by atoms with van der Waals surface area (Å²) in [4.78, 5) is 25.9. The molecule has 6 nitrogen and oxygen atoms in total. The highest BCUT2D eigenvalue weighted by Gasteiger charge is 2.23. The first-order valence-electron chi connectivity index (χ1n) is 8.88. The van der Waals surface area contributed by atoms with Gasteiger partial charge in [0.15, 0.2) is 0 Å². The van der Waals surface area contributed by atoms with Crippen molar-refractivity contribution in [2.75, 3.05) is 19.6 Å². The third-order valence-corrected chi connectivity index (χ3v) is 4.89. The molecule has 2 aromatic carbocycles. The number of carbonyl (C=O) groups excluding carboxylic acids is 1. The minimum Gasteiger partial charge on any atom is -0.344 e. The lowest BCUT2D eigenvalue weighted by Crippen LogP contribution is -2.37. The summed E-state index contributed by atoms with van der Waals surface area (Å²) in [6.45, 7) is 4.43. The molecule has 1 amide bonds. The van der Waals surface area contributed by atoms with Crippen LogP contribution in [0.5, 0.6) is 0 Å². The number of nitro groups is 1. The molecule has 1 heterocycles. The van der Waals surface area contributed by atoms with E-state index >= 15 is 0 Å². The minimum atomic E-state index is -0.453. The van der Waals surface area contributed by atoms with Gasteiger partial charge in [-0.1, -0.05) is 36.4 Å². The number of rotatable bonds is 6. The van der Waals surface area contributed by atoms with E-state index in [1.54, 1.807) is 19.1 Å². The second kappa shape index (κ2) is 8.10. The number of nitrogens with one attached hydrogen (secondary N) is 1. The number of benzene rings is 2. The van der Waals surface area contributed by atoms with E-state index in [9.17, 15) is 14.9 Å². The Bertz CT molecular complexity index is 786. The Balaban J connectivity index is 1.83. The molecular weight excluding hydrogens is 330 g/mol. The highest BCUT2D eigenvalue weighted by molar-refractivity contribution is 5.96. The number of nitro benzene ring substituents is 1. The zero-order valence-corrected chi connectivity index (χ0v) is 14.9. The quantitative estimate of drug-likeness (QED) is 0.637. The Morgan fingerprint density at radius 3 is 2.50 bits per heavy atom. The highest BCUT2D eigenvalue weighted by Crippen LogP contribution is 2.23. The lowest BCUT2D eigenvalue weighted by atomic mass is 10.0. The lowest BCUT2D eigenvalue weighted by Gasteiger charge is -2.25. The second-order valence-corrected chi connectivity index (χ2v) is 6.65. The van der Waals surface area contributed by atoms with Gasteiger partial charge in [-0.3, -0.25) is 14.9 Å². The molecule has 1 atom stereocenters. The fourth-order valence-electron chi connectivity index (χ4n) is 3.45. The highest BCUT2D eigenvalue weighted by atomic mass is 16.6. The number of nitrogens with zero attached hydrogens (tertiary/aromatic N) is 2. The molecule has 26 heavy (non-hydrogen) atoms. The van der Waals surface area contributed by atoms with Crippen LogP contribution in [0.3, 0.4) is 0 Å². The SMILES string of the molecule is Cc1c(C(=O)NC(CN2CCCC2)c2ccccc2)cccc1[N+](=O)[O-]. The van der Waals surface area contributed by atoms with Gasteiger partial charge >= 0.3 is 0 Å². The van der Waals surface area contributed by atoms with Crippen LogP contribution in [0.2, 0.25) is 0 Å². The molecule has 3 rings (SSSR count). The van der Waals surface area contributed by atoms with Gasteiger partial charge in [-0.25, -0.2) is 0 Å². The summed E-state index contributed by atoms with van der Waals surface area (Å²) >= 11 is 0. The average molecular weight is 353 g/mol. The van der Waals surface area contributed by atoms with Crippen molar-refractivity contribution in [1.29, 1.82) is 0 Å². The Morgan fingerprint density at radius 2 is 1.85 bits per heavy atom. The number of likely N-dealkylation sites (tertiary alicyclic amines) is 1. The van der Waals surface area contributed by atoms with Gasteiger partial charge in [-0.05, 0) is 44.5 Å². The molecule has 1 unspecified atom stereocenters. The van der Waals surface area contributed by atoms with E-state index in [1.165, 1.54) is 18.9 Å². The van der Waals surface area contributed by atoms with Crippen LogP contribution in [0.4, 0.5) is 5.69 Å². The van der Waals surface area contributed by atoms with E-state index in [-0.39, 0.29) is 17.6 Å². The van der Waals surface area contributed by atoms with Crippen molar-refractivity contribution in [3.63, 3.8) is 0 Å². The lowest BCUT2D eigenvalue weighted by molar-refractivity contribution is -0.385. The first-order chi connectivity index (χ1) is 12.6. The predicted molar refractivity (Wildman–Crippen MR) is 100 cm³/mol. The van der Waals surface area contributed by atoms with Crippen molar-refractivity contribution in [2.24, 2.45) is 0 Å². The molecule has 6 heteroatoms. The molecule has 2 aromatic rings. The van der Waals surface area contributed by atoms with Crippen molar-refractivity contribution in [3.05, 3.63) is 75.3 Å². The molecule has 1 saturated heterocycles. The van der Waals surface area contributed by atoms with Gasteiger partial charge in [0.2, 0.25) is 0 Å². The van der Waals surface area contributed by atoms with Crippen LogP contribution in [-0.2, 0) is 0 Å². The molecule has 0 bridgehead atoms. The standard InChI is InChI=1S/C20H23N3O3/c1-15-17(10-7-11-19(15)23(25)26)20(24)21-18(14-22-12-5-6-13-22)16-8-3-2-4-9-16/h2-4,7-11,18H,5-6,12-14H2,1H3,(H,21,24). The van der Waals surface area contributed by atoms with Gasteiger partial charge in [0.1, 0.15) is 0 Å². The predicted octanol–water partition coefficient (Wildman–Crippen LogP) is 3.47. The summed E-state index contributed by atoms with van der Waals surface area (Å²) in [5.41, 5.74) is 1.74. The van der Waals surface area contributed by atoms with Crippen LogP contribution < -0.4 is 5.32 Å². The number of carbonyl (C=O) groups is 1. The summed E-state index contributed by atoms with van der Waals surface area (Å²) < 4.78 is 0. The summed E-state index contributed by atoms with van der Waals surface area (Å²) in [5.74, 6) is -0.278. The fourth-order valence-corrected chi connectivity index (χ4v) is 3.45. The van der Waals surface area contributed by atoms with Crippen LogP contribution in [0.1, 0.15) is 40.4 Å². The van der Waals surface area contributed by atoms with Gasteiger partial charge in [0, 0.05) is 23.7 Å². The largest absolute Gasteiger partial charge is 0.344 e. The Morgan fingerprint density at radius 1 is 1.15 bits per heavy atom. The zero-order chi connectivity index (χ0) is 18.5.